The van der Waals surface area contributed by atoms with Crippen LogP contribution >= 0.6 is 0 Å². The molecule has 1 aromatic carbocycles. The summed E-state index contributed by atoms with van der Waals surface area (Å²) in [4.78, 5) is 29.2. The molecule has 0 saturated carbocycles. The standard InChI is InChI=1S/C23H31N5O2/c1-14-5-4-6-17(9-14)10-18-11-20(25-12-18)23(30)28-16(3)22(29)26-13-19-7-8-21(24)27-15(19)2/h4-9,16,18,20,25H,10-13H2,1-3H3,(H2,24,27)(H,26,29)(H,28,30)/t16-,18-,20+/m0/s1. The van der Waals surface area contributed by atoms with Crippen molar-refractivity contribution in [2.75, 3.05) is 12.3 Å². The molecule has 0 spiro atoms. The molecule has 7 heteroatoms. The molecule has 5 N–H and O–H groups in total. The third kappa shape index (κ3) is 5.79. The predicted molar refractivity (Wildman–Crippen MR) is 118 cm³/mol. The fraction of sp³-hybridized carbons (Fsp3) is 0.435. The lowest BCUT2D eigenvalue weighted by Crippen LogP contribution is -2.50. The maximum atomic E-state index is 12.6. The van der Waals surface area contributed by atoms with Gasteiger partial charge < -0.3 is 21.7 Å². The van der Waals surface area contributed by atoms with E-state index in [4.69, 9.17) is 5.73 Å². The second-order valence-corrected chi connectivity index (χ2v) is 8.18. The number of carbonyl (C=O) groups is 2. The number of nitrogen functional groups attached to an aromatic ring is 1. The van der Waals surface area contributed by atoms with Crippen LogP contribution in [0.5, 0.6) is 0 Å². The van der Waals surface area contributed by atoms with Gasteiger partial charge in [-0.3, -0.25) is 9.59 Å². The fourth-order valence-corrected chi connectivity index (χ4v) is 3.85. The van der Waals surface area contributed by atoms with Gasteiger partial charge in [0, 0.05) is 12.2 Å². The molecule has 1 aromatic heterocycles. The summed E-state index contributed by atoms with van der Waals surface area (Å²) in [6.45, 7) is 6.78. The Morgan fingerprint density at radius 3 is 2.80 bits per heavy atom. The number of hydrogen-bond donors (Lipinski definition) is 4. The maximum absolute atomic E-state index is 12.6. The third-order valence-corrected chi connectivity index (χ3v) is 5.57. The van der Waals surface area contributed by atoms with Crippen molar-refractivity contribution in [3.63, 3.8) is 0 Å². The number of carbonyl (C=O) groups excluding carboxylic acids is 2. The van der Waals surface area contributed by atoms with E-state index in [-0.39, 0.29) is 17.9 Å². The van der Waals surface area contributed by atoms with Crippen LogP contribution in [0, 0.1) is 19.8 Å². The zero-order chi connectivity index (χ0) is 21.7. The molecule has 3 rings (SSSR count). The van der Waals surface area contributed by atoms with Gasteiger partial charge in [-0.15, -0.1) is 0 Å². The summed E-state index contributed by atoms with van der Waals surface area (Å²) >= 11 is 0. The largest absolute Gasteiger partial charge is 0.384 e. The highest BCUT2D eigenvalue weighted by Crippen LogP contribution is 2.20. The quantitative estimate of drug-likeness (QED) is 0.556. The van der Waals surface area contributed by atoms with Crippen molar-refractivity contribution in [2.24, 2.45) is 5.92 Å². The molecular formula is C23H31N5O2. The van der Waals surface area contributed by atoms with Crippen molar-refractivity contribution in [3.05, 3.63) is 58.8 Å². The molecule has 2 amide bonds. The lowest BCUT2D eigenvalue weighted by Gasteiger charge is -2.17. The molecular weight excluding hydrogens is 378 g/mol. The van der Waals surface area contributed by atoms with Crippen LogP contribution in [0.4, 0.5) is 5.82 Å². The number of amides is 2. The summed E-state index contributed by atoms with van der Waals surface area (Å²) in [6, 6.07) is 11.2. The number of nitrogens with one attached hydrogen (secondary N) is 3. The van der Waals surface area contributed by atoms with Crippen LogP contribution in [-0.2, 0) is 22.6 Å². The zero-order valence-electron chi connectivity index (χ0n) is 17.9. The molecule has 7 nitrogen and oxygen atoms in total. The van der Waals surface area contributed by atoms with E-state index in [2.05, 4.69) is 52.1 Å². The highest BCUT2D eigenvalue weighted by atomic mass is 16.2. The Kier molecular flexibility index (Phi) is 7.05. The van der Waals surface area contributed by atoms with E-state index in [1.54, 1.807) is 13.0 Å². The van der Waals surface area contributed by atoms with Crippen LogP contribution in [0.3, 0.4) is 0 Å². The molecule has 2 aromatic rings. The van der Waals surface area contributed by atoms with Crippen molar-refractivity contribution < 1.29 is 9.59 Å². The molecule has 0 bridgehead atoms. The Hall–Kier alpha value is -2.93. The molecule has 0 radical (unpaired) electrons. The number of anilines is 1. The van der Waals surface area contributed by atoms with E-state index in [9.17, 15) is 9.59 Å². The Labute approximate surface area is 177 Å². The van der Waals surface area contributed by atoms with E-state index in [1.165, 1.54) is 11.1 Å². The van der Waals surface area contributed by atoms with Crippen molar-refractivity contribution >= 4 is 17.6 Å². The second kappa shape index (κ2) is 9.71. The van der Waals surface area contributed by atoms with Crippen molar-refractivity contribution in [1.29, 1.82) is 0 Å². The lowest BCUT2D eigenvalue weighted by molar-refractivity contribution is -0.129. The smallest absolute Gasteiger partial charge is 0.242 e. The minimum atomic E-state index is -0.614. The van der Waals surface area contributed by atoms with Crippen LogP contribution in [0.2, 0.25) is 0 Å². The van der Waals surface area contributed by atoms with Crippen molar-refractivity contribution in [1.82, 2.24) is 20.9 Å². The van der Waals surface area contributed by atoms with Gasteiger partial charge in [0.05, 0.1) is 6.04 Å². The Morgan fingerprint density at radius 1 is 1.27 bits per heavy atom. The van der Waals surface area contributed by atoms with E-state index < -0.39 is 6.04 Å². The summed E-state index contributed by atoms with van der Waals surface area (Å²) < 4.78 is 0. The molecule has 2 heterocycles. The number of nitrogens with two attached hydrogens (primary N) is 1. The van der Waals surface area contributed by atoms with Gasteiger partial charge in [-0.2, -0.15) is 0 Å². The van der Waals surface area contributed by atoms with Gasteiger partial charge in [0.15, 0.2) is 0 Å². The summed E-state index contributed by atoms with van der Waals surface area (Å²) in [5, 5.41) is 8.97. The molecule has 1 fully saturated rings. The van der Waals surface area contributed by atoms with Gasteiger partial charge in [-0.05, 0) is 63.3 Å². The highest BCUT2D eigenvalue weighted by Gasteiger charge is 2.30. The molecule has 1 aliphatic rings. The summed E-state index contributed by atoms with van der Waals surface area (Å²) in [7, 11) is 0. The number of rotatable bonds is 7. The maximum Gasteiger partial charge on any atom is 0.242 e. The average Bonchev–Trinajstić information content (AvgIpc) is 3.15. The Morgan fingerprint density at radius 2 is 2.07 bits per heavy atom. The number of pyridine rings is 1. The van der Waals surface area contributed by atoms with Gasteiger partial charge in [0.2, 0.25) is 11.8 Å². The first-order chi connectivity index (χ1) is 14.3. The van der Waals surface area contributed by atoms with E-state index in [0.29, 0.717) is 18.3 Å². The van der Waals surface area contributed by atoms with Crippen molar-refractivity contribution in [2.45, 2.75) is 52.2 Å². The topological polar surface area (TPSA) is 109 Å². The first-order valence-corrected chi connectivity index (χ1v) is 10.4. The average molecular weight is 410 g/mol. The summed E-state index contributed by atoms with van der Waals surface area (Å²) in [5.41, 5.74) is 9.87. The highest BCUT2D eigenvalue weighted by molar-refractivity contribution is 5.89. The molecule has 0 aliphatic carbocycles. The Bertz CT molecular complexity index is 914. The van der Waals surface area contributed by atoms with Crippen LogP contribution in [0.25, 0.3) is 0 Å². The molecule has 3 atom stereocenters. The number of aryl methyl sites for hydroxylation is 2. The third-order valence-electron chi connectivity index (χ3n) is 5.57. The zero-order valence-corrected chi connectivity index (χ0v) is 17.9. The Balaban J connectivity index is 1.45. The number of nitrogens with zero attached hydrogens (tertiary/aromatic N) is 1. The van der Waals surface area contributed by atoms with Crippen LogP contribution < -0.4 is 21.7 Å². The fourth-order valence-electron chi connectivity index (χ4n) is 3.85. The molecule has 0 unspecified atom stereocenters. The second-order valence-electron chi connectivity index (χ2n) is 8.18. The normalized spacial score (nSPS) is 19.3. The molecule has 160 valence electrons. The van der Waals surface area contributed by atoms with Gasteiger partial charge in [0.1, 0.15) is 11.9 Å². The first kappa shape index (κ1) is 21.8. The summed E-state index contributed by atoms with van der Waals surface area (Å²) in [6.07, 6.45) is 1.72. The minimum Gasteiger partial charge on any atom is -0.384 e. The predicted octanol–water partition coefficient (Wildman–Crippen LogP) is 1.62. The summed E-state index contributed by atoms with van der Waals surface area (Å²) in [5.74, 6) is 0.504. The minimum absolute atomic E-state index is 0.130. The monoisotopic (exact) mass is 409 g/mol. The number of aromatic nitrogens is 1. The van der Waals surface area contributed by atoms with Gasteiger partial charge >= 0.3 is 0 Å². The van der Waals surface area contributed by atoms with E-state index in [1.807, 2.05) is 13.0 Å². The van der Waals surface area contributed by atoms with Crippen LogP contribution in [-0.4, -0.2) is 35.4 Å². The van der Waals surface area contributed by atoms with Crippen LogP contribution in [0.1, 0.15) is 35.7 Å². The SMILES string of the molecule is Cc1cccc(C[C@@H]2CN[C@@H](C(=O)N[C@@H](C)C(=O)NCc3ccc(N)nc3C)C2)c1. The van der Waals surface area contributed by atoms with E-state index >= 15 is 0 Å². The van der Waals surface area contributed by atoms with Gasteiger partial charge in [-0.1, -0.05) is 35.9 Å². The number of hydrogen-bond acceptors (Lipinski definition) is 5. The number of benzene rings is 1. The van der Waals surface area contributed by atoms with E-state index in [0.717, 1.165) is 30.6 Å². The van der Waals surface area contributed by atoms with Crippen LogP contribution in [0.15, 0.2) is 36.4 Å². The molecule has 1 saturated heterocycles. The van der Waals surface area contributed by atoms with Gasteiger partial charge in [-0.25, -0.2) is 4.98 Å². The van der Waals surface area contributed by atoms with Gasteiger partial charge in [0.25, 0.3) is 0 Å². The molecule has 30 heavy (non-hydrogen) atoms. The van der Waals surface area contributed by atoms with Crippen molar-refractivity contribution in [3.8, 4) is 0 Å². The molecule has 1 aliphatic heterocycles. The lowest BCUT2D eigenvalue weighted by atomic mass is 9.95. The first-order valence-electron chi connectivity index (χ1n) is 10.4.